The van der Waals surface area contributed by atoms with Crippen LogP contribution < -0.4 is 5.32 Å². The maximum Gasteiger partial charge on any atom is 0.294 e. The average molecular weight is 686 g/mol. The fourth-order valence-electron chi connectivity index (χ4n) is 4.00. The van der Waals surface area contributed by atoms with Crippen LogP contribution in [0.2, 0.25) is 0 Å². The van der Waals surface area contributed by atoms with E-state index in [0.717, 1.165) is 25.1 Å². The molecule has 0 bridgehead atoms. The third kappa shape index (κ3) is 11.2. The number of benzene rings is 1. The molecule has 1 aliphatic carbocycles. The molecule has 0 saturated heterocycles. The van der Waals surface area contributed by atoms with E-state index in [-0.39, 0.29) is 46.2 Å². The zero-order valence-corrected chi connectivity index (χ0v) is 27.0. The Morgan fingerprint density at radius 1 is 1.09 bits per heavy atom. The van der Waals surface area contributed by atoms with Crippen molar-refractivity contribution in [2.75, 3.05) is 7.05 Å². The molecule has 4 atom stereocenters. The van der Waals surface area contributed by atoms with Gasteiger partial charge in [0.05, 0.1) is 27.7 Å². The lowest BCUT2D eigenvalue weighted by Crippen LogP contribution is -2.30. The number of aliphatic hydroxyl groups excluding tert-OH is 1. The normalized spacial score (nSPS) is 19.1. The Hall–Kier alpha value is -3.81. The first kappa shape index (κ1) is 37.4. The monoisotopic (exact) mass is 685 g/mol. The molecule has 0 fully saturated rings. The van der Waals surface area contributed by atoms with Crippen molar-refractivity contribution < 1.29 is 44.0 Å². The van der Waals surface area contributed by atoms with Crippen LogP contribution in [0.15, 0.2) is 121 Å². The molecule has 4 unspecified atom stereocenters. The SMILES string of the molecule is C=CC(/N=N/c1ccc(S(=O)(=O)O)cc1)C(C)C(=C/N=N/C1=CCC(CC(C(=C)NC)S(=O)(=O)O)C=C1O)/C=C(\C)S(=O)(=O)O. The molecule has 0 saturated carbocycles. The number of nitrogens with zero attached hydrogens (tertiary/aromatic N) is 4. The zero-order chi connectivity index (χ0) is 34.2. The maximum atomic E-state index is 11.8. The number of hydrogen-bond donors (Lipinski definition) is 5. The largest absolute Gasteiger partial charge is 0.506 e. The van der Waals surface area contributed by atoms with Crippen molar-refractivity contribution in [2.24, 2.45) is 32.3 Å². The number of azo groups is 2. The smallest absolute Gasteiger partial charge is 0.294 e. The lowest BCUT2D eigenvalue weighted by atomic mass is 9.93. The van der Waals surface area contributed by atoms with E-state index in [0.29, 0.717) is 0 Å². The molecule has 5 N–H and O–H groups in total. The predicted octanol–water partition coefficient (Wildman–Crippen LogP) is 5.06. The summed E-state index contributed by atoms with van der Waals surface area (Å²) in [5, 5.41) is 28.0. The number of rotatable bonds is 15. The number of allylic oxidation sites excluding steroid dienone is 4. The van der Waals surface area contributed by atoms with Gasteiger partial charge in [0.15, 0.2) is 0 Å². The lowest BCUT2D eigenvalue weighted by Gasteiger charge is -2.22. The van der Waals surface area contributed by atoms with Gasteiger partial charge in [-0.05, 0) is 67.7 Å². The Morgan fingerprint density at radius 2 is 1.71 bits per heavy atom. The van der Waals surface area contributed by atoms with Gasteiger partial charge in [0.2, 0.25) is 0 Å². The highest BCUT2D eigenvalue weighted by molar-refractivity contribution is 7.89. The van der Waals surface area contributed by atoms with Crippen LogP contribution in [0.3, 0.4) is 0 Å². The number of hydrogen-bond acceptors (Lipinski definition) is 12. The van der Waals surface area contributed by atoms with Crippen LogP contribution in [-0.2, 0) is 30.4 Å². The van der Waals surface area contributed by atoms with Gasteiger partial charge >= 0.3 is 0 Å². The minimum atomic E-state index is -4.56. The second kappa shape index (κ2) is 15.5. The summed E-state index contributed by atoms with van der Waals surface area (Å²) in [6, 6.07) is 4.12. The molecule has 0 aromatic heterocycles. The van der Waals surface area contributed by atoms with Gasteiger partial charge in [0, 0.05) is 18.7 Å². The predicted molar refractivity (Wildman–Crippen MR) is 167 cm³/mol. The van der Waals surface area contributed by atoms with E-state index in [9.17, 15) is 39.5 Å². The van der Waals surface area contributed by atoms with E-state index in [1.54, 1.807) is 6.92 Å². The van der Waals surface area contributed by atoms with E-state index < -0.39 is 58.4 Å². The Balaban J connectivity index is 2.34. The van der Waals surface area contributed by atoms with Crippen LogP contribution in [0, 0.1) is 11.8 Å². The van der Waals surface area contributed by atoms with E-state index >= 15 is 0 Å². The van der Waals surface area contributed by atoms with Gasteiger partial charge < -0.3 is 10.4 Å². The highest BCUT2D eigenvalue weighted by atomic mass is 32.2. The van der Waals surface area contributed by atoms with Crippen LogP contribution in [-0.4, -0.2) is 62.4 Å². The number of nitrogens with one attached hydrogen (secondary N) is 1. The third-order valence-electron chi connectivity index (χ3n) is 6.73. The van der Waals surface area contributed by atoms with Gasteiger partial charge in [-0.2, -0.15) is 40.6 Å². The van der Waals surface area contributed by atoms with E-state index in [1.807, 2.05) is 0 Å². The summed E-state index contributed by atoms with van der Waals surface area (Å²) in [6.45, 7) is 10.1. The summed E-state index contributed by atoms with van der Waals surface area (Å²) in [7, 11) is -11.9. The second-order valence-electron chi connectivity index (χ2n) is 9.93. The molecule has 246 valence electrons. The molecule has 1 aliphatic rings. The summed E-state index contributed by atoms with van der Waals surface area (Å²) >= 11 is 0. The molecule has 0 amide bonds. The molecule has 15 nitrogen and oxygen atoms in total. The number of aliphatic hydroxyl groups is 1. The van der Waals surface area contributed by atoms with E-state index in [2.05, 4.69) is 38.9 Å². The summed E-state index contributed by atoms with van der Waals surface area (Å²) in [5.41, 5.74) is 0.611. The zero-order valence-electron chi connectivity index (χ0n) is 24.6. The first-order valence-electron chi connectivity index (χ1n) is 13.1. The fourth-order valence-corrected chi connectivity index (χ4v) is 5.73. The molecule has 0 spiro atoms. The third-order valence-corrected chi connectivity index (χ3v) is 9.72. The van der Waals surface area contributed by atoms with Gasteiger partial charge in [-0.3, -0.25) is 13.7 Å². The molecule has 1 aromatic carbocycles. The summed E-state index contributed by atoms with van der Waals surface area (Å²) < 4.78 is 97.7. The van der Waals surface area contributed by atoms with Gasteiger partial charge in [-0.15, -0.1) is 11.7 Å². The van der Waals surface area contributed by atoms with Crippen molar-refractivity contribution in [1.29, 1.82) is 0 Å². The Kier molecular flexibility index (Phi) is 12.8. The Bertz CT molecular complexity index is 1790. The van der Waals surface area contributed by atoms with Gasteiger partial charge in [0.1, 0.15) is 16.7 Å². The van der Waals surface area contributed by atoms with Crippen molar-refractivity contribution in [3.05, 3.63) is 95.6 Å². The van der Waals surface area contributed by atoms with Crippen molar-refractivity contribution in [1.82, 2.24) is 5.32 Å². The summed E-state index contributed by atoms with van der Waals surface area (Å²) in [6.07, 6.45) is 6.84. The molecule has 45 heavy (non-hydrogen) atoms. The first-order chi connectivity index (χ1) is 20.8. The Morgan fingerprint density at radius 3 is 2.20 bits per heavy atom. The van der Waals surface area contributed by atoms with Gasteiger partial charge in [0.25, 0.3) is 30.4 Å². The summed E-state index contributed by atoms with van der Waals surface area (Å²) in [5.74, 6) is -1.43. The van der Waals surface area contributed by atoms with Crippen molar-refractivity contribution in [3.63, 3.8) is 0 Å². The Labute approximate surface area is 262 Å². The quantitative estimate of drug-likeness (QED) is 0.0706. The molecular formula is C27H35N5O10S3. The topological polar surface area (TPSA) is 245 Å². The lowest BCUT2D eigenvalue weighted by molar-refractivity contribution is 0.397. The highest BCUT2D eigenvalue weighted by Crippen LogP contribution is 2.30. The molecule has 1 aromatic rings. The van der Waals surface area contributed by atoms with E-state index in [4.69, 9.17) is 4.55 Å². The molecule has 0 heterocycles. The van der Waals surface area contributed by atoms with Crippen molar-refractivity contribution in [3.8, 4) is 0 Å². The van der Waals surface area contributed by atoms with Crippen molar-refractivity contribution >= 4 is 36.0 Å². The first-order valence-corrected chi connectivity index (χ1v) is 17.5. The average Bonchev–Trinajstić information content (AvgIpc) is 2.94. The molecular weight excluding hydrogens is 651 g/mol. The maximum absolute atomic E-state index is 11.8. The van der Waals surface area contributed by atoms with E-state index in [1.165, 1.54) is 43.6 Å². The molecule has 2 rings (SSSR count). The van der Waals surface area contributed by atoms with Crippen molar-refractivity contribution in [2.45, 2.75) is 42.9 Å². The highest BCUT2D eigenvalue weighted by Gasteiger charge is 2.30. The van der Waals surface area contributed by atoms with Crippen LogP contribution in [0.4, 0.5) is 5.69 Å². The minimum absolute atomic E-state index is 0.0501. The second-order valence-corrected chi connectivity index (χ2v) is 14.5. The minimum Gasteiger partial charge on any atom is -0.506 e. The van der Waals surface area contributed by atoms with Gasteiger partial charge in [-0.25, -0.2) is 0 Å². The van der Waals surface area contributed by atoms with Gasteiger partial charge in [-0.1, -0.05) is 25.7 Å². The van der Waals surface area contributed by atoms with Crippen LogP contribution in [0.25, 0.3) is 0 Å². The van der Waals surface area contributed by atoms with Crippen LogP contribution >= 0.6 is 0 Å². The molecule has 0 aliphatic heterocycles. The van der Waals surface area contributed by atoms with Crippen LogP contribution in [0.5, 0.6) is 0 Å². The molecule has 0 radical (unpaired) electrons. The standard InChI is InChI=1S/C27H35N5O10S3/c1-6-24(32-30-22-8-10-23(11-9-22)44(37,38)39)18(3)21(13-17(2)43(34,35)36)16-29-31-25-12-7-20(14-26(25)33)15-27(19(4)28-5)45(40,41)42/h6,8-14,16,18,20,24,27-28,33H,1,4,7,15H2,2-3,5H3,(H,34,35,36)(H,37,38,39)(H,40,41,42)/b17-13+,21-16+,31-29+,32-30+. The fraction of sp³-hybridized carbons (Fsp3) is 0.333. The summed E-state index contributed by atoms with van der Waals surface area (Å²) in [4.78, 5) is -0.738. The van der Waals surface area contributed by atoms with Crippen LogP contribution in [0.1, 0.15) is 26.7 Å². The molecule has 18 heteroatoms.